The molecule has 51 heavy (non-hydrogen) atoms. The molecule has 0 saturated heterocycles. The maximum Gasteiger partial charge on any atom is 0.143 e. The number of nitrogens with zero attached hydrogens (tertiary/aromatic N) is 2. The fourth-order valence-corrected chi connectivity index (χ4v) is 8.22. The van der Waals surface area contributed by atoms with E-state index in [2.05, 4.69) is 179 Å². The fourth-order valence-electron chi connectivity index (χ4n) is 8.22. The molecular formula is C48H30N2O. The molecule has 0 saturated carbocycles. The molecule has 0 aliphatic heterocycles. The van der Waals surface area contributed by atoms with Gasteiger partial charge in [0.25, 0.3) is 0 Å². The number of rotatable bonds is 4. The first kappa shape index (κ1) is 28.0. The molecule has 0 bridgehead atoms. The Kier molecular flexibility index (Phi) is 5.96. The smallest absolute Gasteiger partial charge is 0.143 e. The van der Waals surface area contributed by atoms with Crippen LogP contribution in [0.5, 0.6) is 0 Å². The fraction of sp³-hybridized carbons (Fsp3) is 0. The van der Waals surface area contributed by atoms with Crippen molar-refractivity contribution < 1.29 is 4.42 Å². The van der Waals surface area contributed by atoms with Crippen LogP contribution in [-0.2, 0) is 0 Å². The summed E-state index contributed by atoms with van der Waals surface area (Å²) in [5.41, 5.74) is 13.5. The van der Waals surface area contributed by atoms with E-state index >= 15 is 0 Å². The zero-order chi connectivity index (χ0) is 33.5. The Bertz CT molecular complexity index is 3140. The molecule has 0 atom stereocenters. The Balaban J connectivity index is 1.08. The second-order valence-electron chi connectivity index (χ2n) is 13.3. The molecule has 0 aliphatic rings. The molecule has 0 amide bonds. The average Bonchev–Trinajstić information content (AvgIpc) is 3.85. The minimum Gasteiger partial charge on any atom is -0.455 e. The highest BCUT2D eigenvalue weighted by atomic mass is 16.3. The minimum atomic E-state index is 0.912. The maximum absolute atomic E-state index is 6.43. The van der Waals surface area contributed by atoms with E-state index in [1.807, 2.05) is 12.1 Å². The van der Waals surface area contributed by atoms with E-state index in [-0.39, 0.29) is 0 Å². The van der Waals surface area contributed by atoms with Gasteiger partial charge in [0.05, 0.1) is 22.1 Å². The Labute approximate surface area is 293 Å². The van der Waals surface area contributed by atoms with Gasteiger partial charge in [-0.05, 0) is 77.4 Å². The molecule has 3 nitrogen and oxygen atoms in total. The van der Waals surface area contributed by atoms with Crippen molar-refractivity contribution >= 4 is 65.6 Å². The Morgan fingerprint density at radius 2 is 0.902 bits per heavy atom. The summed E-state index contributed by atoms with van der Waals surface area (Å²) >= 11 is 0. The van der Waals surface area contributed by atoms with Crippen molar-refractivity contribution in [3.8, 4) is 33.6 Å². The molecule has 8 aromatic carbocycles. The highest BCUT2D eigenvalue weighted by Gasteiger charge is 2.17. The molecule has 3 heterocycles. The first-order chi connectivity index (χ1) is 25.3. The average molecular weight is 651 g/mol. The van der Waals surface area contributed by atoms with Gasteiger partial charge in [0, 0.05) is 49.3 Å². The number of aromatic nitrogens is 2. The van der Waals surface area contributed by atoms with Gasteiger partial charge in [0.15, 0.2) is 0 Å². The van der Waals surface area contributed by atoms with E-state index in [0.29, 0.717) is 0 Å². The van der Waals surface area contributed by atoms with Gasteiger partial charge in [-0.3, -0.25) is 0 Å². The van der Waals surface area contributed by atoms with Crippen LogP contribution in [0.2, 0.25) is 0 Å². The molecule has 11 aromatic rings. The topological polar surface area (TPSA) is 23.0 Å². The van der Waals surface area contributed by atoms with E-state index in [1.54, 1.807) is 0 Å². The maximum atomic E-state index is 6.43. The number of hydrogen-bond acceptors (Lipinski definition) is 1. The molecule has 0 N–H and O–H groups in total. The van der Waals surface area contributed by atoms with Crippen molar-refractivity contribution in [2.45, 2.75) is 0 Å². The normalized spacial score (nSPS) is 11.9. The third-order valence-electron chi connectivity index (χ3n) is 10.5. The van der Waals surface area contributed by atoms with E-state index in [4.69, 9.17) is 4.42 Å². The zero-order valence-corrected chi connectivity index (χ0v) is 27.6. The number of benzene rings is 8. The largest absolute Gasteiger partial charge is 0.455 e. The van der Waals surface area contributed by atoms with Crippen LogP contribution >= 0.6 is 0 Å². The second-order valence-corrected chi connectivity index (χ2v) is 13.3. The lowest BCUT2D eigenvalue weighted by atomic mass is 10.0. The second kappa shape index (κ2) is 10.8. The Hall–Kier alpha value is -6.84. The van der Waals surface area contributed by atoms with E-state index < -0.39 is 0 Å². The quantitative estimate of drug-likeness (QED) is 0.186. The molecule has 238 valence electrons. The van der Waals surface area contributed by atoms with Crippen LogP contribution in [0.15, 0.2) is 186 Å². The summed E-state index contributed by atoms with van der Waals surface area (Å²) in [6, 6.07) is 65.5. The van der Waals surface area contributed by atoms with Crippen molar-refractivity contribution in [1.29, 1.82) is 0 Å². The third kappa shape index (κ3) is 4.19. The highest BCUT2D eigenvalue weighted by Crippen LogP contribution is 2.40. The summed E-state index contributed by atoms with van der Waals surface area (Å²) in [6.07, 6.45) is 0. The number of para-hydroxylation sites is 5. The lowest BCUT2D eigenvalue weighted by Gasteiger charge is -2.11. The van der Waals surface area contributed by atoms with Gasteiger partial charge in [-0.1, -0.05) is 121 Å². The predicted octanol–water partition coefficient (Wildman–Crippen LogP) is 13.1. The van der Waals surface area contributed by atoms with Crippen LogP contribution in [-0.4, -0.2) is 9.13 Å². The molecular weight excluding hydrogens is 621 g/mol. The third-order valence-corrected chi connectivity index (χ3v) is 10.5. The highest BCUT2D eigenvalue weighted by molar-refractivity contribution is 6.13. The zero-order valence-electron chi connectivity index (χ0n) is 27.6. The predicted molar refractivity (Wildman–Crippen MR) is 213 cm³/mol. The molecule has 0 radical (unpaired) electrons. The van der Waals surface area contributed by atoms with Crippen LogP contribution in [0.4, 0.5) is 0 Å². The van der Waals surface area contributed by atoms with Crippen LogP contribution in [0.3, 0.4) is 0 Å². The first-order valence-corrected chi connectivity index (χ1v) is 17.4. The number of hydrogen-bond donors (Lipinski definition) is 0. The van der Waals surface area contributed by atoms with E-state index in [0.717, 1.165) is 44.4 Å². The van der Waals surface area contributed by atoms with Crippen molar-refractivity contribution in [3.63, 3.8) is 0 Å². The Morgan fingerprint density at radius 3 is 1.75 bits per heavy atom. The van der Waals surface area contributed by atoms with Crippen molar-refractivity contribution in [3.05, 3.63) is 182 Å². The summed E-state index contributed by atoms with van der Waals surface area (Å²) in [7, 11) is 0. The van der Waals surface area contributed by atoms with Gasteiger partial charge in [0.2, 0.25) is 0 Å². The van der Waals surface area contributed by atoms with Crippen LogP contribution in [0.25, 0.3) is 99.2 Å². The SMILES string of the molecule is c1ccc(-n2c3ccccc3c3ccc(-c4ccc5c(c4)c4ccccc4n5-c4cccc(-c5cccc6c5oc5ccccc56)c4)cc32)cc1. The number of fused-ring (bicyclic) bond motifs is 9. The molecule has 3 aromatic heterocycles. The summed E-state index contributed by atoms with van der Waals surface area (Å²) in [6.45, 7) is 0. The van der Waals surface area contributed by atoms with E-state index in [1.165, 1.54) is 54.7 Å². The Morgan fingerprint density at radius 1 is 0.314 bits per heavy atom. The van der Waals surface area contributed by atoms with Gasteiger partial charge in [-0.2, -0.15) is 0 Å². The van der Waals surface area contributed by atoms with Gasteiger partial charge in [0.1, 0.15) is 11.2 Å². The van der Waals surface area contributed by atoms with Gasteiger partial charge in [-0.25, -0.2) is 0 Å². The standard InChI is InChI=1S/C48H30N2O/c1-2-13-34(14-3-1)49-43-21-7-4-16-37(43)39-26-24-32(30-46(39)49)31-25-27-45-42(29-31)38-17-5-8-22-44(38)50(45)35-15-10-12-33(28-35)36-19-11-20-41-40-18-6-9-23-47(40)51-48(36)41/h1-30H. The summed E-state index contributed by atoms with van der Waals surface area (Å²) in [5.74, 6) is 0. The van der Waals surface area contributed by atoms with Crippen LogP contribution in [0.1, 0.15) is 0 Å². The molecule has 0 spiro atoms. The van der Waals surface area contributed by atoms with Crippen molar-refractivity contribution in [1.82, 2.24) is 9.13 Å². The molecule has 0 unspecified atom stereocenters. The van der Waals surface area contributed by atoms with Crippen molar-refractivity contribution in [2.75, 3.05) is 0 Å². The molecule has 0 aliphatic carbocycles. The molecule has 11 rings (SSSR count). The lowest BCUT2D eigenvalue weighted by molar-refractivity contribution is 0.670. The molecule has 0 fully saturated rings. The van der Waals surface area contributed by atoms with Crippen LogP contribution in [0, 0.1) is 0 Å². The first-order valence-electron chi connectivity index (χ1n) is 17.4. The summed E-state index contributed by atoms with van der Waals surface area (Å²) in [5, 5.41) is 7.27. The lowest BCUT2D eigenvalue weighted by Crippen LogP contribution is -1.94. The minimum absolute atomic E-state index is 0.912. The van der Waals surface area contributed by atoms with Crippen LogP contribution < -0.4 is 0 Å². The van der Waals surface area contributed by atoms with Gasteiger partial charge < -0.3 is 13.6 Å². The monoisotopic (exact) mass is 650 g/mol. The summed E-state index contributed by atoms with van der Waals surface area (Å²) < 4.78 is 11.2. The van der Waals surface area contributed by atoms with E-state index in [9.17, 15) is 0 Å². The number of furan rings is 1. The van der Waals surface area contributed by atoms with Gasteiger partial charge in [-0.15, -0.1) is 0 Å². The van der Waals surface area contributed by atoms with Gasteiger partial charge >= 0.3 is 0 Å². The van der Waals surface area contributed by atoms with Crippen molar-refractivity contribution in [2.24, 2.45) is 0 Å². The molecule has 3 heteroatoms. The summed E-state index contributed by atoms with van der Waals surface area (Å²) in [4.78, 5) is 0.